The summed E-state index contributed by atoms with van der Waals surface area (Å²) in [7, 11) is 0. The Morgan fingerprint density at radius 1 is 1.25 bits per heavy atom. The molecule has 2 rings (SSSR count). The number of benzene rings is 1. The molecule has 0 aliphatic rings. The average Bonchev–Trinajstić information content (AvgIpc) is 2.41. The summed E-state index contributed by atoms with van der Waals surface area (Å²) < 4.78 is 1.12. The Morgan fingerprint density at radius 3 is 2.55 bits per heavy atom. The molecule has 0 fully saturated rings. The third kappa shape index (κ3) is 2.95. The van der Waals surface area contributed by atoms with E-state index in [0.717, 1.165) is 4.68 Å². The van der Waals surface area contributed by atoms with Gasteiger partial charge in [0.1, 0.15) is 5.02 Å². The highest BCUT2D eigenvalue weighted by molar-refractivity contribution is 6.41. The van der Waals surface area contributed by atoms with Crippen LogP contribution in [-0.2, 0) is 6.54 Å². The van der Waals surface area contributed by atoms with Gasteiger partial charge in [-0.25, -0.2) is 4.68 Å². The summed E-state index contributed by atoms with van der Waals surface area (Å²) in [5.41, 5.74) is 5.52. The monoisotopic (exact) mass is 331 g/mol. The Kier molecular flexibility index (Phi) is 4.32. The molecule has 1 aromatic heterocycles. The highest BCUT2D eigenvalue weighted by Gasteiger charge is 2.11. The lowest BCUT2D eigenvalue weighted by atomic mass is 10.1. The van der Waals surface area contributed by atoms with Crippen molar-refractivity contribution in [2.24, 2.45) is 5.73 Å². The normalized spacial score (nSPS) is 10.6. The topological polar surface area (TPSA) is 78.0 Å². The van der Waals surface area contributed by atoms with E-state index in [-0.39, 0.29) is 22.2 Å². The van der Waals surface area contributed by atoms with Gasteiger partial charge in [0.05, 0.1) is 17.8 Å². The van der Waals surface area contributed by atoms with Crippen molar-refractivity contribution in [3.8, 4) is 0 Å². The van der Waals surface area contributed by atoms with Crippen LogP contribution in [0.3, 0.4) is 0 Å². The van der Waals surface area contributed by atoms with E-state index in [0.29, 0.717) is 10.6 Å². The number of carbonyl (C=O) groups is 1. The predicted octanol–water partition coefficient (Wildman–Crippen LogP) is 2.35. The fourth-order valence-corrected chi connectivity index (χ4v) is 2.06. The minimum Gasteiger partial charge on any atom is -0.366 e. The van der Waals surface area contributed by atoms with Crippen molar-refractivity contribution in [3.63, 3.8) is 0 Å². The molecular formula is C12H8Cl3N3O2. The molecule has 0 aliphatic carbocycles. The number of halogens is 3. The lowest BCUT2D eigenvalue weighted by Crippen LogP contribution is -2.24. The number of primary amides is 1. The second-order valence-corrected chi connectivity index (χ2v) is 5.13. The minimum atomic E-state index is -0.580. The van der Waals surface area contributed by atoms with Crippen LogP contribution in [0.1, 0.15) is 15.9 Å². The fourth-order valence-electron chi connectivity index (χ4n) is 1.55. The van der Waals surface area contributed by atoms with Crippen LogP contribution in [0.4, 0.5) is 0 Å². The Balaban J connectivity index is 2.38. The van der Waals surface area contributed by atoms with Crippen LogP contribution < -0.4 is 11.3 Å². The molecule has 8 heteroatoms. The smallest absolute Gasteiger partial charge is 0.287 e. The predicted molar refractivity (Wildman–Crippen MR) is 77.6 cm³/mol. The molecule has 20 heavy (non-hydrogen) atoms. The Morgan fingerprint density at radius 2 is 1.95 bits per heavy atom. The van der Waals surface area contributed by atoms with Gasteiger partial charge in [-0.05, 0) is 17.7 Å². The van der Waals surface area contributed by atoms with Crippen LogP contribution in [0.15, 0.2) is 29.2 Å². The first kappa shape index (κ1) is 14.8. The van der Waals surface area contributed by atoms with Crippen LogP contribution >= 0.6 is 34.8 Å². The maximum absolute atomic E-state index is 11.8. The largest absolute Gasteiger partial charge is 0.366 e. The molecular weight excluding hydrogens is 325 g/mol. The van der Waals surface area contributed by atoms with Crippen LogP contribution in [0.25, 0.3) is 0 Å². The number of hydrogen-bond donors (Lipinski definition) is 1. The third-order valence-electron chi connectivity index (χ3n) is 2.60. The molecule has 2 aromatic rings. The van der Waals surface area contributed by atoms with Crippen molar-refractivity contribution in [1.29, 1.82) is 0 Å². The third-order valence-corrected chi connectivity index (χ3v) is 3.70. The number of amides is 1. The zero-order valence-electron chi connectivity index (χ0n) is 9.94. The van der Waals surface area contributed by atoms with Crippen molar-refractivity contribution in [2.75, 3.05) is 0 Å². The first-order valence-electron chi connectivity index (χ1n) is 5.39. The second kappa shape index (κ2) is 5.83. The van der Waals surface area contributed by atoms with Crippen molar-refractivity contribution >= 4 is 40.7 Å². The summed E-state index contributed by atoms with van der Waals surface area (Å²) in [6.45, 7) is 0.105. The summed E-state index contributed by atoms with van der Waals surface area (Å²) in [6.07, 6.45) is 1.27. The summed E-state index contributed by atoms with van der Waals surface area (Å²) in [4.78, 5) is 22.9. The molecule has 2 N–H and O–H groups in total. The van der Waals surface area contributed by atoms with Gasteiger partial charge < -0.3 is 5.73 Å². The van der Waals surface area contributed by atoms with E-state index in [1.54, 1.807) is 6.07 Å². The van der Waals surface area contributed by atoms with E-state index in [4.69, 9.17) is 40.5 Å². The van der Waals surface area contributed by atoms with E-state index >= 15 is 0 Å². The number of nitrogens with two attached hydrogens (primary N) is 1. The number of aromatic nitrogens is 2. The quantitative estimate of drug-likeness (QED) is 0.937. The van der Waals surface area contributed by atoms with E-state index in [1.165, 1.54) is 18.3 Å². The van der Waals surface area contributed by atoms with Crippen molar-refractivity contribution in [1.82, 2.24) is 9.78 Å². The van der Waals surface area contributed by atoms with Gasteiger partial charge in [-0.3, -0.25) is 9.59 Å². The van der Waals surface area contributed by atoms with Gasteiger partial charge in [0.2, 0.25) is 5.91 Å². The van der Waals surface area contributed by atoms with Crippen LogP contribution in [-0.4, -0.2) is 15.7 Å². The Hall–Kier alpha value is -1.56. The zero-order valence-corrected chi connectivity index (χ0v) is 12.2. The van der Waals surface area contributed by atoms with Gasteiger partial charge in [0.15, 0.2) is 0 Å². The standard InChI is InChI=1S/C12H8Cl3N3O2/c13-8-3-6(11(16)19)1-2-7(8)5-18-12(20)10(15)9(14)4-17-18/h1-4H,5H2,(H2,16,19). The molecule has 1 aromatic carbocycles. The summed E-state index contributed by atoms with van der Waals surface area (Å²) in [5, 5.41) is 4.16. The molecule has 0 saturated carbocycles. The van der Waals surface area contributed by atoms with Gasteiger partial charge in [-0.15, -0.1) is 0 Å². The summed E-state index contributed by atoms with van der Waals surface area (Å²) in [6, 6.07) is 4.55. The van der Waals surface area contributed by atoms with E-state index in [9.17, 15) is 9.59 Å². The lowest BCUT2D eigenvalue weighted by molar-refractivity contribution is 0.100. The molecule has 104 valence electrons. The molecule has 1 heterocycles. The Labute approximate surface area is 128 Å². The van der Waals surface area contributed by atoms with E-state index in [2.05, 4.69) is 5.10 Å². The maximum Gasteiger partial charge on any atom is 0.287 e. The zero-order chi connectivity index (χ0) is 14.9. The molecule has 5 nitrogen and oxygen atoms in total. The minimum absolute atomic E-state index is 0.0862. The SMILES string of the molecule is NC(=O)c1ccc(Cn2ncc(Cl)c(Cl)c2=O)c(Cl)c1. The maximum atomic E-state index is 11.8. The molecule has 1 amide bonds. The number of rotatable bonds is 3. The molecule has 0 saturated heterocycles. The molecule has 0 bridgehead atoms. The summed E-state index contributed by atoms with van der Waals surface area (Å²) in [5.74, 6) is -0.580. The molecule has 0 atom stereocenters. The van der Waals surface area contributed by atoms with Gasteiger partial charge >= 0.3 is 0 Å². The Bertz CT molecular complexity index is 743. The fraction of sp³-hybridized carbons (Fsp3) is 0.0833. The van der Waals surface area contributed by atoms with Gasteiger partial charge in [-0.2, -0.15) is 5.10 Å². The average molecular weight is 333 g/mol. The highest BCUT2D eigenvalue weighted by atomic mass is 35.5. The van der Waals surface area contributed by atoms with Crippen molar-refractivity contribution < 1.29 is 4.79 Å². The first-order valence-corrected chi connectivity index (χ1v) is 6.53. The number of carbonyl (C=O) groups excluding carboxylic acids is 1. The van der Waals surface area contributed by atoms with Crippen molar-refractivity contribution in [2.45, 2.75) is 6.54 Å². The van der Waals surface area contributed by atoms with Gasteiger partial charge in [-0.1, -0.05) is 40.9 Å². The van der Waals surface area contributed by atoms with E-state index in [1.807, 2.05) is 0 Å². The first-order chi connectivity index (χ1) is 9.40. The molecule has 0 aliphatic heterocycles. The second-order valence-electron chi connectivity index (χ2n) is 3.94. The van der Waals surface area contributed by atoms with E-state index < -0.39 is 11.5 Å². The molecule has 0 unspecified atom stereocenters. The van der Waals surface area contributed by atoms with Crippen LogP contribution in [0.5, 0.6) is 0 Å². The highest BCUT2D eigenvalue weighted by Crippen LogP contribution is 2.19. The number of nitrogens with zero attached hydrogens (tertiary/aromatic N) is 2. The molecule has 0 spiro atoms. The van der Waals surface area contributed by atoms with Crippen molar-refractivity contribution in [3.05, 3.63) is 60.9 Å². The van der Waals surface area contributed by atoms with Gasteiger partial charge in [0.25, 0.3) is 5.56 Å². The van der Waals surface area contributed by atoms with Crippen LogP contribution in [0, 0.1) is 0 Å². The van der Waals surface area contributed by atoms with Gasteiger partial charge in [0, 0.05) is 10.6 Å². The van der Waals surface area contributed by atoms with Crippen LogP contribution in [0.2, 0.25) is 15.1 Å². The number of hydrogen-bond acceptors (Lipinski definition) is 3. The summed E-state index contributed by atoms with van der Waals surface area (Å²) >= 11 is 17.5. The lowest BCUT2D eigenvalue weighted by Gasteiger charge is -2.08. The molecule has 0 radical (unpaired) electrons.